The summed E-state index contributed by atoms with van der Waals surface area (Å²) in [4.78, 5) is 27.2. The van der Waals surface area contributed by atoms with E-state index in [2.05, 4.69) is 0 Å². The minimum absolute atomic E-state index is 0.0401. The molecule has 1 fully saturated rings. The second kappa shape index (κ2) is 10.0. The standard InChI is InChI=1S/C23H25ClN2O6S/c1-25(2)33(30,31)18-11-7-16(8-12-18)21(27)19-20(15-5-9-17(24)10-6-15)26(13-4-14-32-3)23(29)22(19)28/h5-12,20,27H,4,13-14H2,1-3H3/b21-19-. The van der Waals surface area contributed by atoms with E-state index in [9.17, 15) is 23.1 Å². The fourth-order valence-corrected chi connectivity index (χ4v) is 4.66. The molecule has 1 aliphatic rings. The highest BCUT2D eigenvalue weighted by molar-refractivity contribution is 7.89. The van der Waals surface area contributed by atoms with Crippen molar-refractivity contribution in [2.45, 2.75) is 17.4 Å². The maximum absolute atomic E-state index is 13.0. The van der Waals surface area contributed by atoms with E-state index < -0.39 is 27.8 Å². The van der Waals surface area contributed by atoms with Gasteiger partial charge in [-0.05, 0) is 48.4 Å². The number of halogens is 1. The van der Waals surface area contributed by atoms with Crippen LogP contribution in [0.3, 0.4) is 0 Å². The fraction of sp³-hybridized carbons (Fsp3) is 0.304. The Balaban J connectivity index is 2.09. The SMILES string of the molecule is COCCCN1C(=O)C(=O)/C(=C(\O)c2ccc(S(=O)(=O)N(C)C)cc2)C1c1ccc(Cl)cc1. The van der Waals surface area contributed by atoms with E-state index in [1.165, 1.54) is 43.3 Å². The highest BCUT2D eigenvalue weighted by Gasteiger charge is 2.45. The number of amides is 1. The monoisotopic (exact) mass is 492 g/mol. The maximum atomic E-state index is 13.0. The number of carbonyl (C=O) groups is 2. The number of rotatable bonds is 8. The molecular weight excluding hydrogens is 468 g/mol. The van der Waals surface area contributed by atoms with Crippen LogP contribution in [-0.2, 0) is 24.3 Å². The van der Waals surface area contributed by atoms with E-state index in [4.69, 9.17) is 16.3 Å². The molecule has 2 aromatic carbocycles. The van der Waals surface area contributed by atoms with Crippen molar-refractivity contribution in [1.29, 1.82) is 0 Å². The van der Waals surface area contributed by atoms with Crippen molar-refractivity contribution in [2.24, 2.45) is 0 Å². The molecule has 33 heavy (non-hydrogen) atoms. The quantitative estimate of drug-likeness (QED) is 0.263. The number of nitrogens with zero attached hydrogens (tertiary/aromatic N) is 2. The van der Waals surface area contributed by atoms with Gasteiger partial charge in [-0.2, -0.15) is 0 Å². The number of likely N-dealkylation sites (tertiary alicyclic amines) is 1. The number of Topliss-reactive ketones (excluding diaryl/α,β-unsaturated/α-hetero) is 1. The molecule has 1 amide bonds. The van der Waals surface area contributed by atoms with Crippen LogP contribution in [0.1, 0.15) is 23.6 Å². The van der Waals surface area contributed by atoms with Gasteiger partial charge in [0.15, 0.2) is 0 Å². The van der Waals surface area contributed by atoms with Crippen molar-refractivity contribution in [3.8, 4) is 0 Å². The Kier molecular flexibility index (Phi) is 7.58. The molecule has 1 atom stereocenters. The Morgan fingerprint density at radius 1 is 1.09 bits per heavy atom. The summed E-state index contributed by atoms with van der Waals surface area (Å²) in [6, 6.07) is 11.4. The first kappa shape index (κ1) is 24.9. The third kappa shape index (κ3) is 4.96. The summed E-state index contributed by atoms with van der Waals surface area (Å²) in [5.74, 6) is -1.91. The average Bonchev–Trinajstić information content (AvgIpc) is 3.04. The smallest absolute Gasteiger partial charge is 0.295 e. The molecular formula is C23H25ClN2O6S. The summed E-state index contributed by atoms with van der Waals surface area (Å²) < 4.78 is 30.8. The van der Waals surface area contributed by atoms with Gasteiger partial charge in [-0.1, -0.05) is 23.7 Å². The molecule has 10 heteroatoms. The molecule has 0 bridgehead atoms. The Labute approximate surface area is 198 Å². The summed E-state index contributed by atoms with van der Waals surface area (Å²) in [5, 5.41) is 11.5. The average molecular weight is 493 g/mol. The molecule has 2 aromatic rings. The number of hydrogen-bond acceptors (Lipinski definition) is 6. The number of aliphatic hydroxyl groups is 1. The van der Waals surface area contributed by atoms with Gasteiger partial charge < -0.3 is 14.7 Å². The maximum Gasteiger partial charge on any atom is 0.295 e. The van der Waals surface area contributed by atoms with Crippen LogP contribution in [0.15, 0.2) is 59.0 Å². The van der Waals surface area contributed by atoms with Gasteiger partial charge in [0.05, 0.1) is 16.5 Å². The van der Waals surface area contributed by atoms with Gasteiger partial charge in [-0.3, -0.25) is 9.59 Å². The highest BCUT2D eigenvalue weighted by atomic mass is 35.5. The largest absolute Gasteiger partial charge is 0.507 e. The lowest BCUT2D eigenvalue weighted by Gasteiger charge is -2.25. The second-order valence-electron chi connectivity index (χ2n) is 7.70. The number of carbonyl (C=O) groups excluding carboxylic acids is 2. The van der Waals surface area contributed by atoms with Gasteiger partial charge in [0.1, 0.15) is 5.76 Å². The third-order valence-electron chi connectivity index (χ3n) is 5.38. The van der Waals surface area contributed by atoms with E-state index in [1.807, 2.05) is 0 Å². The van der Waals surface area contributed by atoms with Crippen LogP contribution < -0.4 is 0 Å². The van der Waals surface area contributed by atoms with Crippen molar-refractivity contribution in [2.75, 3.05) is 34.4 Å². The summed E-state index contributed by atoms with van der Waals surface area (Å²) in [6.07, 6.45) is 0.505. The summed E-state index contributed by atoms with van der Waals surface area (Å²) in [7, 11) is 0.725. The number of benzene rings is 2. The van der Waals surface area contributed by atoms with Crippen LogP contribution in [0.2, 0.25) is 5.02 Å². The van der Waals surface area contributed by atoms with E-state index in [0.29, 0.717) is 23.6 Å². The molecule has 1 unspecified atom stereocenters. The number of hydrogen-bond donors (Lipinski definition) is 1. The number of sulfonamides is 1. The van der Waals surface area contributed by atoms with Crippen LogP contribution >= 0.6 is 11.6 Å². The van der Waals surface area contributed by atoms with Crippen LogP contribution in [0, 0.1) is 0 Å². The number of ketones is 1. The lowest BCUT2D eigenvalue weighted by atomic mass is 9.95. The van der Waals surface area contributed by atoms with E-state index in [-0.39, 0.29) is 28.3 Å². The van der Waals surface area contributed by atoms with Gasteiger partial charge in [0, 0.05) is 44.9 Å². The predicted octanol–water partition coefficient (Wildman–Crippen LogP) is 3.05. The number of methoxy groups -OCH3 is 1. The van der Waals surface area contributed by atoms with Crippen LogP contribution in [0.4, 0.5) is 0 Å². The van der Waals surface area contributed by atoms with Crippen molar-refractivity contribution in [1.82, 2.24) is 9.21 Å². The summed E-state index contributed by atoms with van der Waals surface area (Å²) >= 11 is 6.01. The van der Waals surface area contributed by atoms with E-state index in [0.717, 1.165) is 4.31 Å². The van der Waals surface area contributed by atoms with Gasteiger partial charge in [-0.25, -0.2) is 12.7 Å². The lowest BCUT2D eigenvalue weighted by Crippen LogP contribution is -2.31. The lowest BCUT2D eigenvalue weighted by molar-refractivity contribution is -0.140. The molecule has 1 N–H and O–H groups in total. The summed E-state index contributed by atoms with van der Waals surface area (Å²) in [6.45, 7) is 0.653. The predicted molar refractivity (Wildman–Crippen MR) is 124 cm³/mol. The zero-order valence-corrected chi connectivity index (χ0v) is 20.1. The van der Waals surface area contributed by atoms with Crippen LogP contribution in [0.5, 0.6) is 0 Å². The minimum atomic E-state index is -3.66. The van der Waals surface area contributed by atoms with E-state index >= 15 is 0 Å². The first-order valence-electron chi connectivity index (χ1n) is 10.2. The summed E-state index contributed by atoms with van der Waals surface area (Å²) in [5.41, 5.74) is 0.772. The number of aliphatic hydroxyl groups excluding tert-OH is 1. The van der Waals surface area contributed by atoms with Gasteiger partial charge in [0.25, 0.3) is 11.7 Å². The molecule has 0 aliphatic carbocycles. The molecule has 0 radical (unpaired) electrons. The van der Waals surface area contributed by atoms with Crippen molar-refractivity contribution < 1.29 is 27.9 Å². The topological polar surface area (TPSA) is 104 Å². The Morgan fingerprint density at radius 3 is 2.24 bits per heavy atom. The first-order valence-corrected chi connectivity index (χ1v) is 12.0. The molecule has 3 rings (SSSR count). The Morgan fingerprint density at radius 2 is 1.70 bits per heavy atom. The molecule has 0 aromatic heterocycles. The first-order chi connectivity index (χ1) is 15.6. The van der Waals surface area contributed by atoms with Crippen LogP contribution in [-0.4, -0.2) is 68.8 Å². The molecule has 8 nitrogen and oxygen atoms in total. The zero-order valence-electron chi connectivity index (χ0n) is 18.5. The second-order valence-corrected chi connectivity index (χ2v) is 10.3. The minimum Gasteiger partial charge on any atom is -0.507 e. The molecule has 0 spiro atoms. The van der Waals surface area contributed by atoms with Crippen molar-refractivity contribution in [3.05, 3.63) is 70.3 Å². The molecule has 1 aliphatic heterocycles. The molecule has 0 saturated carbocycles. The van der Waals surface area contributed by atoms with Crippen molar-refractivity contribution >= 4 is 39.1 Å². The van der Waals surface area contributed by atoms with Gasteiger partial charge >= 0.3 is 0 Å². The normalized spacial score (nSPS) is 18.3. The Hall–Kier alpha value is -2.72. The Bertz CT molecular complexity index is 1170. The van der Waals surface area contributed by atoms with Crippen LogP contribution in [0.25, 0.3) is 5.76 Å². The molecule has 176 valence electrons. The molecule has 1 heterocycles. The van der Waals surface area contributed by atoms with Crippen molar-refractivity contribution in [3.63, 3.8) is 0 Å². The molecule has 1 saturated heterocycles. The number of ether oxygens (including phenoxy) is 1. The zero-order chi connectivity index (χ0) is 24.3. The van der Waals surface area contributed by atoms with Gasteiger partial charge in [0.2, 0.25) is 10.0 Å². The third-order valence-corrected chi connectivity index (χ3v) is 7.46. The van der Waals surface area contributed by atoms with Gasteiger partial charge in [-0.15, -0.1) is 0 Å². The fourth-order valence-electron chi connectivity index (χ4n) is 3.63. The highest BCUT2D eigenvalue weighted by Crippen LogP contribution is 2.39. The van der Waals surface area contributed by atoms with E-state index in [1.54, 1.807) is 31.4 Å².